The number of aromatic nitrogens is 1. The van der Waals surface area contributed by atoms with Crippen molar-refractivity contribution in [2.24, 2.45) is 5.73 Å². The monoisotopic (exact) mass is 224 g/mol. The topological polar surface area (TPSA) is 38.9 Å². The minimum absolute atomic E-state index is 0.744. The highest BCUT2D eigenvalue weighted by molar-refractivity contribution is 7.21. The Morgan fingerprint density at radius 3 is 3.00 bits per heavy atom. The summed E-state index contributed by atoms with van der Waals surface area (Å²) in [6, 6.07) is 4.20. The van der Waals surface area contributed by atoms with Gasteiger partial charge in [0.05, 0.1) is 9.88 Å². The highest BCUT2D eigenvalue weighted by Gasteiger charge is 2.04. The molecule has 0 aliphatic heterocycles. The summed E-state index contributed by atoms with van der Waals surface area (Å²) in [5.74, 6) is 0. The number of hydrogen-bond acceptors (Lipinski definition) is 4. The standard InChI is InChI=1S/C10H12N2S2/c11-5-1-4-10-12-7-9(14-10)8-3-2-6-13-8/h2-3,6-7H,1,4-5,11H2. The van der Waals surface area contributed by atoms with Gasteiger partial charge in [-0.1, -0.05) is 6.07 Å². The second kappa shape index (κ2) is 4.68. The summed E-state index contributed by atoms with van der Waals surface area (Å²) in [5, 5.41) is 3.29. The van der Waals surface area contributed by atoms with Crippen molar-refractivity contribution in [3.05, 3.63) is 28.7 Å². The Kier molecular flexibility index (Phi) is 3.29. The molecule has 0 amide bonds. The molecule has 2 aromatic rings. The number of hydrogen-bond donors (Lipinski definition) is 1. The van der Waals surface area contributed by atoms with Gasteiger partial charge in [-0.2, -0.15) is 0 Å². The quantitative estimate of drug-likeness (QED) is 0.867. The minimum atomic E-state index is 0.744. The summed E-state index contributed by atoms with van der Waals surface area (Å²) < 4.78 is 0. The molecule has 0 unspecified atom stereocenters. The molecule has 14 heavy (non-hydrogen) atoms. The summed E-state index contributed by atoms with van der Waals surface area (Å²) in [6.45, 7) is 0.744. The lowest BCUT2D eigenvalue weighted by Gasteiger charge is -1.91. The molecule has 0 spiro atoms. The van der Waals surface area contributed by atoms with Gasteiger partial charge in [-0.05, 0) is 24.4 Å². The Balaban J connectivity index is 2.10. The van der Waals surface area contributed by atoms with Crippen LogP contribution < -0.4 is 5.73 Å². The molecule has 2 heterocycles. The van der Waals surface area contributed by atoms with Gasteiger partial charge in [0, 0.05) is 17.5 Å². The van der Waals surface area contributed by atoms with Crippen molar-refractivity contribution in [3.63, 3.8) is 0 Å². The molecule has 0 atom stereocenters. The summed E-state index contributed by atoms with van der Waals surface area (Å²) in [5.41, 5.74) is 5.46. The van der Waals surface area contributed by atoms with Gasteiger partial charge >= 0.3 is 0 Å². The number of nitrogens with two attached hydrogens (primary N) is 1. The third-order valence-corrected chi connectivity index (χ3v) is 4.04. The maximum atomic E-state index is 5.46. The van der Waals surface area contributed by atoms with E-state index in [9.17, 15) is 0 Å². The fourth-order valence-electron chi connectivity index (χ4n) is 1.21. The highest BCUT2D eigenvalue weighted by Crippen LogP contribution is 2.30. The summed E-state index contributed by atoms with van der Waals surface area (Å²) in [4.78, 5) is 6.96. The average molecular weight is 224 g/mol. The smallest absolute Gasteiger partial charge is 0.0932 e. The molecule has 0 aliphatic rings. The first-order chi connectivity index (χ1) is 6.90. The molecule has 2 rings (SSSR count). The lowest BCUT2D eigenvalue weighted by atomic mass is 10.3. The SMILES string of the molecule is NCCCc1ncc(-c2cccs2)s1. The van der Waals surface area contributed by atoms with Crippen LogP contribution in [-0.4, -0.2) is 11.5 Å². The largest absolute Gasteiger partial charge is 0.330 e. The van der Waals surface area contributed by atoms with E-state index in [1.165, 1.54) is 14.8 Å². The molecular weight excluding hydrogens is 212 g/mol. The van der Waals surface area contributed by atoms with E-state index in [4.69, 9.17) is 5.73 Å². The van der Waals surface area contributed by atoms with Crippen LogP contribution in [0.1, 0.15) is 11.4 Å². The molecule has 0 radical (unpaired) electrons. The van der Waals surface area contributed by atoms with E-state index in [0.717, 1.165) is 19.4 Å². The Bertz CT molecular complexity index is 378. The molecule has 0 aliphatic carbocycles. The van der Waals surface area contributed by atoms with E-state index in [1.807, 2.05) is 6.20 Å². The van der Waals surface area contributed by atoms with Crippen molar-refractivity contribution in [2.45, 2.75) is 12.8 Å². The number of nitrogens with zero attached hydrogens (tertiary/aromatic N) is 1. The maximum absolute atomic E-state index is 5.46. The Morgan fingerprint density at radius 2 is 2.29 bits per heavy atom. The van der Waals surface area contributed by atoms with Crippen LogP contribution in [0.25, 0.3) is 9.75 Å². The number of aryl methyl sites for hydroxylation is 1. The van der Waals surface area contributed by atoms with Crippen molar-refractivity contribution < 1.29 is 0 Å². The lowest BCUT2D eigenvalue weighted by molar-refractivity contribution is 0.826. The van der Waals surface area contributed by atoms with Crippen LogP contribution in [0.5, 0.6) is 0 Å². The fourth-order valence-corrected chi connectivity index (χ4v) is 2.99. The van der Waals surface area contributed by atoms with Gasteiger partial charge in [0.15, 0.2) is 0 Å². The molecule has 74 valence electrons. The van der Waals surface area contributed by atoms with Crippen molar-refractivity contribution in [2.75, 3.05) is 6.54 Å². The fraction of sp³-hybridized carbons (Fsp3) is 0.300. The van der Waals surface area contributed by atoms with Crippen LogP contribution in [-0.2, 0) is 6.42 Å². The molecule has 0 aromatic carbocycles. The van der Waals surface area contributed by atoms with E-state index in [2.05, 4.69) is 22.5 Å². The molecule has 4 heteroatoms. The normalized spacial score (nSPS) is 10.6. The summed E-state index contributed by atoms with van der Waals surface area (Å²) in [6.07, 6.45) is 3.99. The molecule has 2 N–H and O–H groups in total. The first-order valence-corrected chi connectivity index (χ1v) is 6.28. The Morgan fingerprint density at radius 1 is 1.36 bits per heavy atom. The maximum Gasteiger partial charge on any atom is 0.0932 e. The van der Waals surface area contributed by atoms with Gasteiger partial charge < -0.3 is 5.73 Å². The zero-order valence-electron chi connectivity index (χ0n) is 7.77. The van der Waals surface area contributed by atoms with Crippen LogP contribution in [0, 0.1) is 0 Å². The third-order valence-electron chi connectivity index (χ3n) is 1.91. The van der Waals surface area contributed by atoms with Crippen LogP contribution in [0.4, 0.5) is 0 Å². The Hall–Kier alpha value is -0.710. The second-order valence-electron chi connectivity index (χ2n) is 2.99. The predicted octanol–water partition coefficient (Wildman–Crippen LogP) is 2.76. The van der Waals surface area contributed by atoms with Crippen LogP contribution in [0.3, 0.4) is 0 Å². The first kappa shape index (κ1) is 9.83. The molecule has 0 saturated heterocycles. The van der Waals surface area contributed by atoms with Gasteiger partial charge in [-0.3, -0.25) is 0 Å². The lowest BCUT2D eigenvalue weighted by Crippen LogP contribution is -1.99. The zero-order chi connectivity index (χ0) is 9.80. The van der Waals surface area contributed by atoms with Crippen LogP contribution >= 0.6 is 22.7 Å². The Labute approximate surface area is 91.4 Å². The summed E-state index contributed by atoms with van der Waals surface area (Å²) in [7, 11) is 0. The van der Waals surface area contributed by atoms with Gasteiger partial charge in [0.1, 0.15) is 0 Å². The van der Waals surface area contributed by atoms with Gasteiger partial charge in [-0.25, -0.2) is 4.98 Å². The van der Waals surface area contributed by atoms with Gasteiger partial charge in [0.25, 0.3) is 0 Å². The van der Waals surface area contributed by atoms with Gasteiger partial charge in [0.2, 0.25) is 0 Å². The molecule has 0 saturated carbocycles. The van der Waals surface area contributed by atoms with Crippen molar-refractivity contribution in [1.29, 1.82) is 0 Å². The van der Waals surface area contributed by atoms with E-state index in [-0.39, 0.29) is 0 Å². The van der Waals surface area contributed by atoms with Gasteiger partial charge in [-0.15, -0.1) is 22.7 Å². The molecule has 2 aromatic heterocycles. The first-order valence-electron chi connectivity index (χ1n) is 4.59. The van der Waals surface area contributed by atoms with Crippen LogP contribution in [0.15, 0.2) is 23.7 Å². The number of thiophene rings is 1. The predicted molar refractivity (Wildman–Crippen MR) is 62.8 cm³/mol. The van der Waals surface area contributed by atoms with E-state index in [0.29, 0.717) is 0 Å². The number of thiazole rings is 1. The van der Waals surface area contributed by atoms with Crippen molar-refractivity contribution in [1.82, 2.24) is 4.98 Å². The highest BCUT2D eigenvalue weighted by atomic mass is 32.1. The van der Waals surface area contributed by atoms with E-state index >= 15 is 0 Å². The number of rotatable bonds is 4. The zero-order valence-corrected chi connectivity index (χ0v) is 9.40. The molecule has 0 bridgehead atoms. The van der Waals surface area contributed by atoms with Crippen molar-refractivity contribution in [3.8, 4) is 9.75 Å². The van der Waals surface area contributed by atoms with E-state index in [1.54, 1.807) is 22.7 Å². The van der Waals surface area contributed by atoms with Crippen LogP contribution in [0.2, 0.25) is 0 Å². The minimum Gasteiger partial charge on any atom is -0.330 e. The summed E-state index contributed by atoms with van der Waals surface area (Å²) >= 11 is 3.53. The average Bonchev–Trinajstić information content (AvgIpc) is 2.85. The second-order valence-corrected chi connectivity index (χ2v) is 5.05. The van der Waals surface area contributed by atoms with E-state index < -0.39 is 0 Å². The molecular formula is C10H12N2S2. The third kappa shape index (κ3) is 2.20. The molecule has 2 nitrogen and oxygen atoms in total. The molecule has 0 fully saturated rings. The van der Waals surface area contributed by atoms with Crippen molar-refractivity contribution >= 4 is 22.7 Å².